The maximum absolute atomic E-state index is 12.6. The summed E-state index contributed by atoms with van der Waals surface area (Å²) in [5.41, 5.74) is 2.37. The van der Waals surface area contributed by atoms with Crippen molar-refractivity contribution in [3.63, 3.8) is 0 Å². The number of methoxy groups -OCH3 is 1. The predicted molar refractivity (Wildman–Crippen MR) is 121 cm³/mol. The zero-order valence-corrected chi connectivity index (χ0v) is 18.6. The average molecular weight is 437 g/mol. The molecule has 0 fully saturated rings. The van der Waals surface area contributed by atoms with Crippen LogP contribution in [0.4, 0.5) is 5.69 Å². The second kappa shape index (κ2) is 9.72. The van der Waals surface area contributed by atoms with Gasteiger partial charge in [-0.05, 0) is 55.3 Å². The van der Waals surface area contributed by atoms with E-state index in [4.69, 9.17) is 14.2 Å². The number of carbonyl (C=O) groups is 1. The van der Waals surface area contributed by atoms with Gasteiger partial charge in [-0.25, -0.2) is 4.68 Å². The molecule has 8 nitrogen and oxygen atoms in total. The van der Waals surface area contributed by atoms with Gasteiger partial charge in [0.1, 0.15) is 0 Å². The van der Waals surface area contributed by atoms with E-state index in [2.05, 4.69) is 29.2 Å². The lowest BCUT2D eigenvalue weighted by molar-refractivity contribution is -0.120. The number of fused-ring (bicyclic) bond motifs is 1. The Morgan fingerprint density at radius 1 is 1.16 bits per heavy atom. The van der Waals surface area contributed by atoms with Gasteiger partial charge in [0.05, 0.1) is 12.8 Å². The van der Waals surface area contributed by atoms with Crippen LogP contribution in [0.1, 0.15) is 39.5 Å². The highest BCUT2D eigenvalue weighted by Gasteiger charge is 2.20. The molecule has 32 heavy (non-hydrogen) atoms. The number of unbranched alkanes of at least 4 members (excludes halogenated alkanes) is 1. The van der Waals surface area contributed by atoms with E-state index in [0.29, 0.717) is 17.3 Å². The summed E-state index contributed by atoms with van der Waals surface area (Å²) < 4.78 is 17.9. The average Bonchev–Trinajstić information content (AvgIpc) is 3.46. The van der Waals surface area contributed by atoms with Crippen LogP contribution in [0.5, 0.6) is 17.5 Å². The Hall–Kier alpha value is -3.55. The van der Waals surface area contributed by atoms with E-state index in [-0.39, 0.29) is 24.6 Å². The lowest BCUT2D eigenvalue weighted by Gasteiger charge is -2.15. The van der Waals surface area contributed by atoms with Gasteiger partial charge in [0.15, 0.2) is 17.3 Å². The van der Waals surface area contributed by atoms with Crippen molar-refractivity contribution in [1.82, 2.24) is 14.8 Å². The van der Waals surface area contributed by atoms with Gasteiger partial charge in [-0.1, -0.05) is 26.7 Å². The second-order valence-corrected chi connectivity index (χ2v) is 7.69. The summed E-state index contributed by atoms with van der Waals surface area (Å²) in [5.74, 6) is 2.09. The van der Waals surface area contributed by atoms with Crippen molar-refractivity contribution in [3.05, 3.63) is 42.5 Å². The van der Waals surface area contributed by atoms with E-state index in [9.17, 15) is 4.79 Å². The summed E-state index contributed by atoms with van der Waals surface area (Å²) in [7, 11) is 1.53. The SMILES string of the molecule is CCCCC(CC)C(=O)Nc1ccc(-n2nc(OC)nc2-c2ccc3c(c2)OCO3)cc1. The number of hydrogen-bond donors (Lipinski definition) is 1. The minimum Gasteiger partial charge on any atom is -0.466 e. The standard InChI is InChI=1S/C24H28N4O4/c1-4-6-7-16(5-2)23(29)25-18-9-11-19(12-10-18)28-22(26-24(27-28)30-3)17-8-13-20-21(14-17)32-15-31-20/h8-14,16H,4-7,15H2,1-3H3,(H,25,29). The molecule has 2 heterocycles. The highest BCUT2D eigenvalue weighted by Crippen LogP contribution is 2.36. The first-order chi connectivity index (χ1) is 15.6. The molecule has 1 N–H and O–H groups in total. The molecule has 168 valence electrons. The molecule has 0 saturated heterocycles. The lowest BCUT2D eigenvalue weighted by Crippen LogP contribution is -2.22. The first kappa shape index (κ1) is 21.7. The monoisotopic (exact) mass is 436 g/mol. The van der Waals surface area contributed by atoms with E-state index in [0.717, 1.165) is 42.6 Å². The minimum absolute atomic E-state index is 0.0341. The molecular weight excluding hydrogens is 408 g/mol. The van der Waals surface area contributed by atoms with Crippen molar-refractivity contribution in [2.45, 2.75) is 39.5 Å². The van der Waals surface area contributed by atoms with E-state index in [1.807, 2.05) is 42.5 Å². The zero-order chi connectivity index (χ0) is 22.5. The van der Waals surface area contributed by atoms with Crippen molar-refractivity contribution >= 4 is 11.6 Å². The Bertz CT molecular complexity index is 1080. The van der Waals surface area contributed by atoms with Crippen LogP contribution in [-0.4, -0.2) is 34.6 Å². The Morgan fingerprint density at radius 3 is 2.66 bits per heavy atom. The van der Waals surface area contributed by atoms with Crippen molar-refractivity contribution in [2.75, 3.05) is 19.2 Å². The Labute approximate surface area is 187 Å². The maximum atomic E-state index is 12.6. The van der Waals surface area contributed by atoms with E-state index >= 15 is 0 Å². The highest BCUT2D eigenvalue weighted by molar-refractivity contribution is 5.92. The van der Waals surface area contributed by atoms with Crippen molar-refractivity contribution in [3.8, 4) is 34.6 Å². The second-order valence-electron chi connectivity index (χ2n) is 7.69. The van der Waals surface area contributed by atoms with Crippen LogP contribution >= 0.6 is 0 Å². The number of benzene rings is 2. The highest BCUT2D eigenvalue weighted by atomic mass is 16.7. The number of hydrogen-bond acceptors (Lipinski definition) is 6. The van der Waals surface area contributed by atoms with Crippen LogP contribution in [0.2, 0.25) is 0 Å². The molecule has 1 atom stereocenters. The smallest absolute Gasteiger partial charge is 0.336 e. The molecule has 1 aliphatic heterocycles. The van der Waals surface area contributed by atoms with Gasteiger partial charge in [0.2, 0.25) is 12.7 Å². The van der Waals surface area contributed by atoms with E-state index in [1.165, 1.54) is 7.11 Å². The molecule has 0 spiro atoms. The van der Waals surface area contributed by atoms with Gasteiger partial charge >= 0.3 is 6.01 Å². The third-order valence-electron chi connectivity index (χ3n) is 5.55. The van der Waals surface area contributed by atoms with E-state index in [1.54, 1.807) is 4.68 Å². The summed E-state index contributed by atoms with van der Waals surface area (Å²) in [6, 6.07) is 13.4. The topological polar surface area (TPSA) is 87.5 Å². The van der Waals surface area contributed by atoms with Gasteiger partial charge in [0, 0.05) is 17.2 Å². The van der Waals surface area contributed by atoms with Crippen molar-refractivity contribution in [2.24, 2.45) is 5.92 Å². The summed E-state index contributed by atoms with van der Waals surface area (Å²) >= 11 is 0. The maximum Gasteiger partial charge on any atom is 0.336 e. The molecule has 1 aromatic heterocycles. The third kappa shape index (κ3) is 4.54. The van der Waals surface area contributed by atoms with Crippen LogP contribution < -0.4 is 19.5 Å². The lowest BCUT2D eigenvalue weighted by atomic mass is 9.98. The molecule has 3 aromatic rings. The molecule has 0 aliphatic carbocycles. The predicted octanol–water partition coefficient (Wildman–Crippen LogP) is 4.83. The molecule has 4 rings (SSSR count). The number of carbonyl (C=O) groups excluding carboxylic acids is 1. The molecule has 1 amide bonds. The van der Waals surface area contributed by atoms with Crippen LogP contribution in [-0.2, 0) is 4.79 Å². The molecular formula is C24H28N4O4. The number of aromatic nitrogens is 3. The molecule has 1 aliphatic rings. The first-order valence-corrected chi connectivity index (χ1v) is 10.9. The summed E-state index contributed by atoms with van der Waals surface area (Å²) in [4.78, 5) is 17.1. The van der Waals surface area contributed by atoms with E-state index < -0.39 is 0 Å². The van der Waals surface area contributed by atoms with Crippen LogP contribution in [0, 0.1) is 5.92 Å². The zero-order valence-electron chi connectivity index (χ0n) is 18.6. The quantitative estimate of drug-likeness (QED) is 0.517. The Morgan fingerprint density at radius 2 is 1.94 bits per heavy atom. The summed E-state index contributed by atoms with van der Waals surface area (Å²) in [6.07, 6.45) is 3.89. The number of ether oxygens (including phenoxy) is 3. The third-order valence-corrected chi connectivity index (χ3v) is 5.55. The summed E-state index contributed by atoms with van der Waals surface area (Å²) in [5, 5.41) is 7.49. The Kier molecular flexibility index (Phi) is 6.58. The molecule has 8 heteroatoms. The van der Waals surface area contributed by atoms with Crippen molar-refractivity contribution < 1.29 is 19.0 Å². The fourth-order valence-electron chi connectivity index (χ4n) is 3.68. The number of amides is 1. The molecule has 0 bridgehead atoms. The minimum atomic E-state index is 0.0341. The number of nitrogens with one attached hydrogen (secondary N) is 1. The number of anilines is 1. The van der Waals surface area contributed by atoms with Gasteiger partial charge in [-0.2, -0.15) is 4.98 Å². The van der Waals surface area contributed by atoms with Gasteiger partial charge < -0.3 is 19.5 Å². The fraction of sp³-hybridized carbons (Fsp3) is 0.375. The van der Waals surface area contributed by atoms with Crippen LogP contribution in [0.25, 0.3) is 17.1 Å². The molecule has 0 radical (unpaired) electrons. The number of rotatable bonds is 9. The largest absolute Gasteiger partial charge is 0.466 e. The van der Waals surface area contributed by atoms with Crippen LogP contribution in [0.15, 0.2) is 42.5 Å². The van der Waals surface area contributed by atoms with Gasteiger partial charge in [-0.15, -0.1) is 5.10 Å². The number of nitrogens with zero attached hydrogens (tertiary/aromatic N) is 3. The molecule has 1 unspecified atom stereocenters. The van der Waals surface area contributed by atoms with Gasteiger partial charge in [-0.3, -0.25) is 4.79 Å². The molecule has 0 saturated carbocycles. The Balaban J connectivity index is 1.57. The molecule has 2 aromatic carbocycles. The fourth-order valence-corrected chi connectivity index (χ4v) is 3.68. The van der Waals surface area contributed by atoms with Crippen molar-refractivity contribution in [1.29, 1.82) is 0 Å². The summed E-state index contributed by atoms with van der Waals surface area (Å²) in [6.45, 7) is 4.40. The van der Waals surface area contributed by atoms with Crippen LogP contribution in [0.3, 0.4) is 0 Å². The first-order valence-electron chi connectivity index (χ1n) is 10.9. The van der Waals surface area contributed by atoms with Gasteiger partial charge in [0.25, 0.3) is 0 Å². The normalized spacial score (nSPS) is 13.1.